The van der Waals surface area contributed by atoms with Crippen LogP contribution < -0.4 is 10.2 Å². The van der Waals surface area contributed by atoms with Crippen LogP contribution in [0.5, 0.6) is 0 Å². The second-order valence-corrected chi connectivity index (χ2v) is 6.65. The number of carbonyl (C=O) groups excluding carboxylic acids is 1. The van der Waals surface area contributed by atoms with E-state index in [9.17, 15) is 4.79 Å². The van der Waals surface area contributed by atoms with Crippen molar-refractivity contribution in [3.63, 3.8) is 0 Å². The van der Waals surface area contributed by atoms with Crippen molar-refractivity contribution in [3.05, 3.63) is 18.6 Å². The summed E-state index contributed by atoms with van der Waals surface area (Å²) in [7, 11) is 3.82. The number of aromatic nitrogens is 3. The fourth-order valence-electron chi connectivity index (χ4n) is 4.22. The first-order chi connectivity index (χ1) is 11.2. The highest BCUT2D eigenvalue weighted by Crippen LogP contribution is 2.41. The van der Waals surface area contributed by atoms with Crippen molar-refractivity contribution in [3.8, 4) is 0 Å². The molecule has 2 amide bonds. The molecule has 7 heteroatoms. The number of likely N-dealkylation sites (tertiary alicyclic amines) is 1. The number of fused-ring (bicyclic) bond motifs is 2. The highest BCUT2D eigenvalue weighted by molar-refractivity contribution is 5.87. The Bertz CT molecular complexity index is 714. The molecule has 1 unspecified atom stereocenters. The van der Waals surface area contributed by atoms with Gasteiger partial charge in [0.15, 0.2) is 0 Å². The lowest BCUT2D eigenvalue weighted by atomic mass is 10.0. The van der Waals surface area contributed by atoms with Crippen molar-refractivity contribution in [1.29, 1.82) is 0 Å². The van der Waals surface area contributed by atoms with Gasteiger partial charge in [0.05, 0.1) is 5.39 Å². The lowest BCUT2D eigenvalue weighted by molar-refractivity contribution is 0.207. The van der Waals surface area contributed by atoms with Crippen LogP contribution in [0.3, 0.4) is 0 Å². The molecule has 2 N–H and O–H groups in total. The van der Waals surface area contributed by atoms with Crippen LogP contribution in [0.15, 0.2) is 18.6 Å². The molecule has 1 saturated carbocycles. The fraction of sp³-hybridized carbons (Fsp3) is 0.562. The van der Waals surface area contributed by atoms with Gasteiger partial charge in [0.1, 0.15) is 17.8 Å². The monoisotopic (exact) mass is 314 g/mol. The van der Waals surface area contributed by atoms with E-state index in [0.717, 1.165) is 42.8 Å². The number of H-pyrrole nitrogens is 1. The Balaban J connectivity index is 1.49. The molecular formula is C16H22N6O. The van der Waals surface area contributed by atoms with Gasteiger partial charge in [-0.15, -0.1) is 0 Å². The molecule has 1 saturated heterocycles. The van der Waals surface area contributed by atoms with Crippen molar-refractivity contribution in [2.24, 2.45) is 11.8 Å². The van der Waals surface area contributed by atoms with E-state index >= 15 is 0 Å². The van der Waals surface area contributed by atoms with E-state index in [1.165, 1.54) is 0 Å². The predicted octanol–water partition coefficient (Wildman–Crippen LogP) is 1.44. The molecule has 7 nitrogen and oxygen atoms in total. The van der Waals surface area contributed by atoms with Gasteiger partial charge < -0.3 is 20.1 Å². The van der Waals surface area contributed by atoms with Crippen LogP contribution in [0.25, 0.3) is 11.0 Å². The van der Waals surface area contributed by atoms with Crippen LogP contribution in [0.2, 0.25) is 0 Å². The molecule has 1 aliphatic heterocycles. The molecule has 0 radical (unpaired) electrons. The molecule has 2 aromatic rings. The van der Waals surface area contributed by atoms with Crippen molar-refractivity contribution in [2.45, 2.75) is 18.9 Å². The minimum absolute atomic E-state index is 0.0501. The normalized spacial score (nSPS) is 26.5. The third kappa shape index (κ3) is 2.31. The lowest BCUT2D eigenvalue weighted by Gasteiger charge is -2.27. The van der Waals surface area contributed by atoms with E-state index < -0.39 is 0 Å². The Morgan fingerprint density at radius 1 is 1.35 bits per heavy atom. The number of amides is 2. The Labute approximate surface area is 135 Å². The van der Waals surface area contributed by atoms with E-state index in [4.69, 9.17) is 0 Å². The molecule has 3 atom stereocenters. The zero-order valence-electron chi connectivity index (χ0n) is 13.5. The molecule has 2 fully saturated rings. The largest absolute Gasteiger partial charge is 0.356 e. The summed E-state index contributed by atoms with van der Waals surface area (Å²) < 4.78 is 0. The van der Waals surface area contributed by atoms with Crippen molar-refractivity contribution < 1.29 is 4.79 Å². The topological polar surface area (TPSA) is 77.2 Å². The highest BCUT2D eigenvalue weighted by atomic mass is 16.2. The molecule has 0 spiro atoms. The zero-order chi connectivity index (χ0) is 16.0. The number of aromatic amines is 1. The predicted molar refractivity (Wildman–Crippen MR) is 88.3 cm³/mol. The Kier molecular flexibility index (Phi) is 3.36. The van der Waals surface area contributed by atoms with E-state index in [-0.39, 0.29) is 6.03 Å². The number of rotatable bonds is 2. The van der Waals surface area contributed by atoms with Gasteiger partial charge in [-0.2, -0.15) is 0 Å². The number of urea groups is 1. The van der Waals surface area contributed by atoms with Gasteiger partial charge in [-0.1, -0.05) is 0 Å². The molecule has 2 aromatic heterocycles. The SMILES string of the molecule is CNC(=O)N1CC2C[C@@H](N(C)c3ncnc4[nH]ccc34)C[C@@H]2C1. The van der Waals surface area contributed by atoms with Crippen LogP contribution in [0.1, 0.15) is 12.8 Å². The summed E-state index contributed by atoms with van der Waals surface area (Å²) in [5, 5.41) is 3.80. The average Bonchev–Trinajstić information content (AvgIpc) is 3.26. The van der Waals surface area contributed by atoms with Gasteiger partial charge in [0, 0.05) is 39.4 Å². The van der Waals surface area contributed by atoms with Crippen LogP contribution in [0, 0.1) is 11.8 Å². The van der Waals surface area contributed by atoms with Crippen LogP contribution in [0.4, 0.5) is 10.6 Å². The number of anilines is 1. The van der Waals surface area contributed by atoms with Gasteiger partial charge in [0.2, 0.25) is 0 Å². The second kappa shape index (κ2) is 5.40. The molecule has 4 rings (SSSR count). The summed E-state index contributed by atoms with van der Waals surface area (Å²) in [4.78, 5) is 27.9. The maximum Gasteiger partial charge on any atom is 0.317 e. The van der Waals surface area contributed by atoms with E-state index in [1.807, 2.05) is 17.2 Å². The zero-order valence-corrected chi connectivity index (χ0v) is 13.5. The smallest absolute Gasteiger partial charge is 0.317 e. The van der Waals surface area contributed by atoms with Crippen LogP contribution in [-0.4, -0.2) is 59.1 Å². The van der Waals surface area contributed by atoms with Gasteiger partial charge in [-0.05, 0) is 30.7 Å². The third-order valence-corrected chi connectivity index (χ3v) is 5.44. The van der Waals surface area contributed by atoms with Crippen LogP contribution >= 0.6 is 0 Å². The molecule has 0 bridgehead atoms. The molecule has 3 heterocycles. The summed E-state index contributed by atoms with van der Waals surface area (Å²) in [6, 6.07) is 2.56. The minimum atomic E-state index is 0.0501. The molecule has 0 aromatic carbocycles. The first kappa shape index (κ1) is 14.3. The van der Waals surface area contributed by atoms with Gasteiger partial charge in [-0.25, -0.2) is 14.8 Å². The Morgan fingerprint density at radius 2 is 2.09 bits per heavy atom. The first-order valence-corrected chi connectivity index (χ1v) is 8.15. The molecule has 2 aliphatic rings. The Hall–Kier alpha value is -2.31. The number of hydrogen-bond donors (Lipinski definition) is 2. The number of nitrogens with zero attached hydrogens (tertiary/aromatic N) is 4. The summed E-state index contributed by atoms with van der Waals surface area (Å²) in [6.07, 6.45) is 5.75. The summed E-state index contributed by atoms with van der Waals surface area (Å²) in [5.41, 5.74) is 0.880. The second-order valence-electron chi connectivity index (χ2n) is 6.65. The van der Waals surface area contributed by atoms with Crippen molar-refractivity contribution >= 4 is 22.9 Å². The highest BCUT2D eigenvalue weighted by Gasteiger charge is 2.43. The molecule has 122 valence electrons. The standard InChI is InChI=1S/C16H22N6O/c1-17-16(23)22-7-10-5-12(6-11(10)8-22)21(2)15-13-3-4-18-14(13)19-9-20-15/h3-4,9-12H,5-8H2,1-2H3,(H,17,23)(H,18,19,20)/t10-,11?,12+/m1/s1. The third-order valence-electron chi connectivity index (χ3n) is 5.44. The maximum atomic E-state index is 11.8. The average molecular weight is 314 g/mol. The van der Waals surface area contributed by atoms with E-state index in [0.29, 0.717) is 17.9 Å². The minimum Gasteiger partial charge on any atom is -0.356 e. The summed E-state index contributed by atoms with van der Waals surface area (Å²) >= 11 is 0. The molecule has 23 heavy (non-hydrogen) atoms. The lowest BCUT2D eigenvalue weighted by Crippen LogP contribution is -2.38. The van der Waals surface area contributed by atoms with E-state index in [2.05, 4.69) is 32.2 Å². The van der Waals surface area contributed by atoms with Crippen LogP contribution in [-0.2, 0) is 0 Å². The van der Waals surface area contributed by atoms with Gasteiger partial charge in [-0.3, -0.25) is 0 Å². The quantitative estimate of drug-likeness (QED) is 0.879. The van der Waals surface area contributed by atoms with E-state index in [1.54, 1.807) is 13.4 Å². The summed E-state index contributed by atoms with van der Waals surface area (Å²) in [6.45, 7) is 1.75. The number of nitrogens with one attached hydrogen (secondary N) is 2. The summed E-state index contributed by atoms with van der Waals surface area (Å²) in [5.74, 6) is 2.19. The first-order valence-electron chi connectivity index (χ1n) is 8.15. The number of carbonyl (C=O) groups is 1. The molecule has 1 aliphatic carbocycles. The molecular weight excluding hydrogens is 292 g/mol. The van der Waals surface area contributed by atoms with Crippen molar-refractivity contribution in [2.75, 3.05) is 32.1 Å². The van der Waals surface area contributed by atoms with Gasteiger partial charge in [0.25, 0.3) is 0 Å². The Morgan fingerprint density at radius 3 is 2.78 bits per heavy atom. The number of hydrogen-bond acceptors (Lipinski definition) is 4. The van der Waals surface area contributed by atoms with Gasteiger partial charge >= 0.3 is 6.03 Å². The van der Waals surface area contributed by atoms with Crippen molar-refractivity contribution in [1.82, 2.24) is 25.2 Å². The fourth-order valence-corrected chi connectivity index (χ4v) is 4.22. The maximum absolute atomic E-state index is 11.8.